The molecule has 0 radical (unpaired) electrons. The minimum atomic E-state index is -4.75. The number of nitrogens with one attached hydrogen (secondary N) is 1. The molecule has 0 aliphatic heterocycles. The molecule has 0 fully saturated rings. The summed E-state index contributed by atoms with van der Waals surface area (Å²) in [5.41, 5.74) is 10.6. The largest absolute Gasteiger partial charge is 0.456 e. The monoisotopic (exact) mass is 610 g/mol. The molecule has 0 spiro atoms. The molecule has 2 rings (SSSR count). The maximum absolute atomic E-state index is 14.0. The molecule has 5 N–H and O–H groups in total. The number of esters is 1. The van der Waals surface area contributed by atoms with Crippen LogP contribution in [-0.4, -0.2) is 61.0 Å². The lowest BCUT2D eigenvalue weighted by Crippen LogP contribution is -2.46. The zero-order chi connectivity index (χ0) is 32.3. The molecule has 0 saturated carbocycles. The molecule has 2 atom stereocenters. The summed E-state index contributed by atoms with van der Waals surface area (Å²) in [5, 5.41) is 3.14. The molecule has 2 amide bonds. The van der Waals surface area contributed by atoms with E-state index < -0.39 is 41.6 Å². The van der Waals surface area contributed by atoms with Gasteiger partial charge in [0.1, 0.15) is 11.9 Å². The maximum Gasteiger partial charge on any atom is 0.416 e. The number of rotatable bonds is 16. The van der Waals surface area contributed by atoms with Gasteiger partial charge >= 0.3 is 12.1 Å². The fraction of sp³-hybridized carbons (Fsp3) is 0.516. The van der Waals surface area contributed by atoms with Crippen LogP contribution < -0.4 is 16.8 Å². The van der Waals surface area contributed by atoms with Crippen LogP contribution in [0.3, 0.4) is 0 Å². The molecule has 43 heavy (non-hydrogen) atoms. The number of halogens is 4. The lowest BCUT2D eigenvalue weighted by atomic mass is 9.99. The summed E-state index contributed by atoms with van der Waals surface area (Å²) in [6.45, 7) is 9.46. The number of carbonyl (C=O) groups is 3. The summed E-state index contributed by atoms with van der Waals surface area (Å²) < 4.78 is 59.5. The van der Waals surface area contributed by atoms with Crippen LogP contribution in [0.2, 0.25) is 0 Å². The van der Waals surface area contributed by atoms with Crippen molar-refractivity contribution in [2.45, 2.75) is 71.7 Å². The van der Waals surface area contributed by atoms with Crippen LogP contribution in [0.5, 0.6) is 0 Å². The molecular formula is C31H42F4N4O4. The molecule has 2 aromatic rings. The fourth-order valence-electron chi connectivity index (χ4n) is 4.51. The highest BCUT2D eigenvalue weighted by Crippen LogP contribution is 2.31. The van der Waals surface area contributed by atoms with Gasteiger partial charge in [-0.05, 0) is 80.1 Å². The predicted molar refractivity (Wildman–Crippen MR) is 156 cm³/mol. The second-order valence-corrected chi connectivity index (χ2v) is 11.0. The summed E-state index contributed by atoms with van der Waals surface area (Å²) in [5.74, 6) is -2.83. The second kappa shape index (κ2) is 16.4. The van der Waals surface area contributed by atoms with Gasteiger partial charge in [-0.15, -0.1) is 0 Å². The first-order chi connectivity index (χ1) is 20.2. The lowest BCUT2D eigenvalue weighted by Gasteiger charge is -2.26. The summed E-state index contributed by atoms with van der Waals surface area (Å²) in [7, 11) is 0. The van der Waals surface area contributed by atoms with E-state index in [1.807, 2.05) is 27.7 Å². The zero-order valence-corrected chi connectivity index (χ0v) is 25.1. The van der Waals surface area contributed by atoms with Crippen molar-refractivity contribution in [2.75, 3.05) is 26.2 Å². The minimum absolute atomic E-state index is 0.0152. The van der Waals surface area contributed by atoms with Crippen molar-refractivity contribution in [3.8, 4) is 0 Å². The second-order valence-electron chi connectivity index (χ2n) is 11.0. The average Bonchev–Trinajstić information content (AvgIpc) is 2.92. The highest BCUT2D eigenvalue weighted by atomic mass is 19.4. The molecule has 0 aliphatic carbocycles. The molecule has 0 heterocycles. The van der Waals surface area contributed by atoms with Crippen LogP contribution in [0.15, 0.2) is 36.4 Å². The Morgan fingerprint density at radius 1 is 0.953 bits per heavy atom. The van der Waals surface area contributed by atoms with Gasteiger partial charge in [0.05, 0.1) is 11.1 Å². The molecule has 0 aliphatic rings. The van der Waals surface area contributed by atoms with Crippen molar-refractivity contribution in [3.63, 3.8) is 0 Å². The first kappa shape index (κ1) is 35.7. The van der Waals surface area contributed by atoms with E-state index in [4.69, 9.17) is 16.2 Å². The minimum Gasteiger partial charge on any atom is -0.456 e. The van der Waals surface area contributed by atoms with Crippen molar-refractivity contribution in [3.05, 3.63) is 70.0 Å². The van der Waals surface area contributed by atoms with Crippen molar-refractivity contribution in [1.29, 1.82) is 0 Å². The van der Waals surface area contributed by atoms with Crippen molar-refractivity contribution in [2.24, 2.45) is 17.4 Å². The summed E-state index contributed by atoms with van der Waals surface area (Å²) >= 11 is 0. The fourth-order valence-corrected chi connectivity index (χ4v) is 4.51. The topological polar surface area (TPSA) is 128 Å². The number of hydrogen-bond donors (Lipinski definition) is 3. The van der Waals surface area contributed by atoms with Crippen LogP contribution in [0.1, 0.15) is 89.2 Å². The Morgan fingerprint density at radius 2 is 1.56 bits per heavy atom. The number of nitrogens with two attached hydrogens (primary N) is 2. The van der Waals surface area contributed by atoms with Crippen LogP contribution in [0, 0.1) is 11.7 Å². The van der Waals surface area contributed by atoms with Gasteiger partial charge in [0.25, 0.3) is 5.91 Å². The molecule has 8 nitrogen and oxygen atoms in total. The maximum atomic E-state index is 14.0. The van der Waals surface area contributed by atoms with E-state index in [0.717, 1.165) is 18.6 Å². The van der Waals surface area contributed by atoms with Crippen molar-refractivity contribution < 1.29 is 36.7 Å². The molecule has 12 heteroatoms. The molecular weight excluding hydrogens is 568 g/mol. The van der Waals surface area contributed by atoms with E-state index in [0.29, 0.717) is 44.5 Å². The van der Waals surface area contributed by atoms with Gasteiger partial charge in [-0.25, -0.2) is 9.18 Å². The molecule has 0 saturated heterocycles. The van der Waals surface area contributed by atoms with Gasteiger partial charge in [0.15, 0.2) is 0 Å². The zero-order valence-electron chi connectivity index (χ0n) is 25.1. The van der Waals surface area contributed by atoms with Gasteiger partial charge in [0.2, 0.25) is 5.91 Å². The third-order valence-electron chi connectivity index (χ3n) is 6.71. The van der Waals surface area contributed by atoms with Gasteiger partial charge < -0.3 is 26.4 Å². The average molecular weight is 611 g/mol. The predicted octanol–water partition coefficient (Wildman–Crippen LogP) is 4.94. The van der Waals surface area contributed by atoms with Crippen molar-refractivity contribution >= 4 is 17.8 Å². The summed E-state index contributed by atoms with van der Waals surface area (Å²) in [6.07, 6.45) is -3.82. The molecule has 0 bridgehead atoms. The Balaban J connectivity index is 2.38. The SMILES string of the molecule is CCCN(CCC)C(=O)c1cc(C(N)=O)cc(C(=O)O[C@H](CNCCC(C)C)[C@@H](N)Cc2cc(F)cc(C(F)(F)F)c2)c1. The van der Waals surface area contributed by atoms with E-state index in [9.17, 15) is 31.9 Å². The Kier molecular flexibility index (Phi) is 13.6. The molecule has 0 aromatic heterocycles. The standard InChI is InChI=1S/C31H42F4N4O4/c1-5-9-39(10-6-2)29(41)22-14-21(28(37)40)15-23(16-22)30(42)43-27(18-38-8-7-19(3)4)26(36)13-20-11-24(31(33,34)35)17-25(32)12-20/h11-12,14-17,19,26-27,38H,5-10,13,18,36H2,1-4H3,(H2,37,40)/t26-,27+/m0/s1. The normalized spacial score (nSPS) is 13.1. The third-order valence-corrected chi connectivity index (χ3v) is 6.71. The Labute approximate surface area is 250 Å². The lowest BCUT2D eigenvalue weighted by molar-refractivity contribution is -0.137. The smallest absolute Gasteiger partial charge is 0.416 e. The Bertz CT molecular complexity index is 1250. The number of nitrogens with zero attached hydrogens (tertiary/aromatic N) is 1. The van der Waals surface area contributed by atoms with E-state index in [1.54, 1.807) is 4.90 Å². The summed E-state index contributed by atoms with van der Waals surface area (Å²) in [6, 6.07) is 4.97. The number of ether oxygens (including phenoxy) is 1. The molecule has 0 unspecified atom stereocenters. The van der Waals surface area contributed by atoms with Crippen LogP contribution >= 0.6 is 0 Å². The third kappa shape index (κ3) is 11.3. The first-order valence-electron chi connectivity index (χ1n) is 14.4. The van der Waals surface area contributed by atoms with E-state index in [2.05, 4.69) is 5.32 Å². The number of amides is 2. The summed E-state index contributed by atoms with van der Waals surface area (Å²) in [4.78, 5) is 40.3. The van der Waals surface area contributed by atoms with Gasteiger partial charge in [-0.1, -0.05) is 27.7 Å². The number of benzene rings is 2. The molecule has 2 aromatic carbocycles. The number of primary amides is 1. The van der Waals surface area contributed by atoms with Crippen LogP contribution in [0.25, 0.3) is 0 Å². The first-order valence-corrected chi connectivity index (χ1v) is 14.4. The molecule has 238 valence electrons. The Morgan fingerprint density at radius 3 is 2.12 bits per heavy atom. The highest BCUT2D eigenvalue weighted by Gasteiger charge is 2.32. The van der Waals surface area contributed by atoms with Crippen LogP contribution in [0.4, 0.5) is 17.6 Å². The highest BCUT2D eigenvalue weighted by molar-refractivity contribution is 6.03. The van der Waals surface area contributed by atoms with E-state index in [-0.39, 0.29) is 41.1 Å². The van der Waals surface area contributed by atoms with Gasteiger partial charge in [-0.3, -0.25) is 9.59 Å². The van der Waals surface area contributed by atoms with E-state index >= 15 is 0 Å². The van der Waals surface area contributed by atoms with Crippen molar-refractivity contribution in [1.82, 2.24) is 10.2 Å². The number of carbonyl (C=O) groups excluding carboxylic acids is 3. The van der Waals surface area contributed by atoms with Gasteiger partial charge in [-0.2, -0.15) is 13.2 Å². The van der Waals surface area contributed by atoms with Gasteiger partial charge in [0, 0.05) is 36.8 Å². The Hall–Kier alpha value is -3.51. The van der Waals surface area contributed by atoms with Crippen LogP contribution in [-0.2, 0) is 17.3 Å². The quantitative estimate of drug-likeness (QED) is 0.140. The van der Waals surface area contributed by atoms with E-state index in [1.165, 1.54) is 18.2 Å². The number of hydrogen-bond acceptors (Lipinski definition) is 6. The number of alkyl halides is 3.